The van der Waals surface area contributed by atoms with E-state index in [-0.39, 0.29) is 0 Å². The van der Waals surface area contributed by atoms with E-state index < -0.39 is 0 Å². The summed E-state index contributed by atoms with van der Waals surface area (Å²) in [4.78, 5) is 0. The van der Waals surface area contributed by atoms with Crippen LogP contribution >= 0.6 is 15.9 Å². The molecule has 0 fully saturated rings. The number of hydrogen-bond donors (Lipinski definition) is 0. The van der Waals surface area contributed by atoms with E-state index in [2.05, 4.69) is 26.2 Å². The highest BCUT2D eigenvalue weighted by atomic mass is 79.9. The highest BCUT2D eigenvalue weighted by Gasteiger charge is 2.05. The monoisotopic (exact) mass is 200 g/mol. The van der Waals surface area contributed by atoms with Crippen LogP contribution in [0.2, 0.25) is 0 Å². The molecule has 1 aromatic heterocycles. The van der Waals surface area contributed by atoms with Gasteiger partial charge in [0.1, 0.15) is 10.7 Å². The predicted molar refractivity (Wildman–Crippen MR) is 38.1 cm³/mol. The Balaban J connectivity index is 3.12. The van der Waals surface area contributed by atoms with Crippen molar-refractivity contribution in [2.75, 3.05) is 0 Å². The maximum atomic E-state index is 8.43. The summed E-state index contributed by atoms with van der Waals surface area (Å²) in [6.45, 7) is 2.65. The molecule has 0 N–H and O–H groups in total. The van der Waals surface area contributed by atoms with Crippen LogP contribution in [0.25, 0.3) is 0 Å². The molecule has 0 aromatic carbocycles. The molecule has 0 saturated carbocycles. The molecule has 1 heterocycles. The Hall–Kier alpha value is -0.890. The fourth-order valence-corrected chi connectivity index (χ4v) is 1.06. The number of aryl methyl sites for hydroxylation is 1. The summed E-state index contributed by atoms with van der Waals surface area (Å²) in [5.41, 5.74) is 0.335. The lowest BCUT2D eigenvalue weighted by Crippen LogP contribution is -1.95. The Morgan fingerprint density at radius 1 is 1.80 bits per heavy atom. The van der Waals surface area contributed by atoms with Crippen molar-refractivity contribution >= 4 is 15.9 Å². The fraction of sp³-hybridized carbons (Fsp3) is 0.400. The summed E-state index contributed by atoms with van der Waals surface area (Å²) >= 11 is 3.19. The van der Waals surface area contributed by atoms with Crippen LogP contribution in [0.4, 0.5) is 0 Å². The van der Waals surface area contributed by atoms with E-state index in [0.29, 0.717) is 10.3 Å². The molecule has 1 rings (SSSR count). The molecule has 0 spiro atoms. The molecule has 0 unspecified atom stereocenters. The largest absolute Gasteiger partial charge is 0.237 e. The topological polar surface area (TPSA) is 54.5 Å². The first-order valence-corrected chi connectivity index (χ1v) is 3.58. The summed E-state index contributed by atoms with van der Waals surface area (Å²) in [6.07, 6.45) is 0. The van der Waals surface area contributed by atoms with Gasteiger partial charge in [-0.3, -0.25) is 0 Å². The Morgan fingerprint density at radius 3 is 2.80 bits per heavy atom. The quantitative estimate of drug-likeness (QED) is 0.679. The summed E-state index contributed by atoms with van der Waals surface area (Å²) < 4.78 is 2.26. The summed E-state index contributed by atoms with van der Waals surface area (Å²) in [5, 5.41) is 15.7. The minimum Gasteiger partial charge on any atom is -0.237 e. The van der Waals surface area contributed by atoms with Crippen LogP contribution in [-0.2, 0) is 6.54 Å². The maximum absolute atomic E-state index is 8.43. The fourth-order valence-electron chi connectivity index (χ4n) is 0.572. The standard InChI is InChI=1S/C5H5BrN4/c1-2-10-5(6)4(3-7)8-9-10/h2H2,1H3. The van der Waals surface area contributed by atoms with Gasteiger partial charge < -0.3 is 0 Å². The van der Waals surface area contributed by atoms with E-state index in [4.69, 9.17) is 5.26 Å². The molecule has 0 aliphatic rings. The van der Waals surface area contributed by atoms with Gasteiger partial charge in [0.15, 0.2) is 5.69 Å². The zero-order valence-corrected chi connectivity index (χ0v) is 6.96. The Labute approximate surface area is 66.6 Å². The third-order valence-corrected chi connectivity index (χ3v) is 1.87. The number of hydrogen-bond acceptors (Lipinski definition) is 3. The van der Waals surface area contributed by atoms with Crippen molar-refractivity contribution in [2.45, 2.75) is 13.5 Å². The van der Waals surface area contributed by atoms with E-state index >= 15 is 0 Å². The highest BCUT2D eigenvalue weighted by molar-refractivity contribution is 9.10. The van der Waals surface area contributed by atoms with Crippen LogP contribution in [-0.4, -0.2) is 15.0 Å². The van der Waals surface area contributed by atoms with Crippen LogP contribution in [0.3, 0.4) is 0 Å². The average molecular weight is 201 g/mol. The first kappa shape index (κ1) is 7.22. The van der Waals surface area contributed by atoms with E-state index in [1.54, 1.807) is 4.68 Å². The third-order valence-electron chi connectivity index (χ3n) is 1.08. The molecule has 4 nitrogen and oxygen atoms in total. The van der Waals surface area contributed by atoms with E-state index in [9.17, 15) is 0 Å². The predicted octanol–water partition coefficient (Wildman–Crippen LogP) is 0.932. The van der Waals surface area contributed by atoms with Gasteiger partial charge in [0, 0.05) is 6.54 Å². The lowest BCUT2D eigenvalue weighted by molar-refractivity contribution is 0.615. The first-order chi connectivity index (χ1) is 4.79. The second-order valence-electron chi connectivity index (χ2n) is 1.66. The number of nitriles is 1. The van der Waals surface area contributed by atoms with Crippen LogP contribution in [0, 0.1) is 11.3 Å². The second kappa shape index (κ2) is 2.80. The van der Waals surface area contributed by atoms with Gasteiger partial charge in [0.05, 0.1) is 0 Å². The van der Waals surface area contributed by atoms with Gasteiger partial charge in [-0.1, -0.05) is 5.21 Å². The van der Waals surface area contributed by atoms with Gasteiger partial charge in [-0.05, 0) is 22.9 Å². The normalized spacial score (nSPS) is 9.30. The minimum atomic E-state index is 0.335. The number of aromatic nitrogens is 3. The van der Waals surface area contributed by atoms with Crippen LogP contribution in [0.1, 0.15) is 12.6 Å². The molecule has 52 valence electrons. The van der Waals surface area contributed by atoms with Gasteiger partial charge in [0.2, 0.25) is 0 Å². The minimum absolute atomic E-state index is 0.335. The van der Waals surface area contributed by atoms with Crippen molar-refractivity contribution in [3.8, 4) is 6.07 Å². The zero-order chi connectivity index (χ0) is 7.56. The van der Waals surface area contributed by atoms with Crippen molar-refractivity contribution < 1.29 is 0 Å². The first-order valence-electron chi connectivity index (χ1n) is 2.78. The maximum Gasteiger partial charge on any atom is 0.197 e. The van der Waals surface area contributed by atoms with E-state index in [0.717, 1.165) is 6.54 Å². The molecule has 0 aliphatic carbocycles. The average Bonchev–Trinajstić information content (AvgIpc) is 2.30. The van der Waals surface area contributed by atoms with Gasteiger partial charge in [-0.25, -0.2) is 4.68 Å². The molecule has 1 aromatic rings. The summed E-state index contributed by atoms with van der Waals surface area (Å²) in [6, 6.07) is 1.91. The number of rotatable bonds is 1. The molecule has 0 saturated heterocycles. The summed E-state index contributed by atoms with van der Waals surface area (Å²) in [5.74, 6) is 0. The smallest absolute Gasteiger partial charge is 0.197 e. The lowest BCUT2D eigenvalue weighted by Gasteiger charge is -1.91. The van der Waals surface area contributed by atoms with Gasteiger partial charge in [0.25, 0.3) is 0 Å². The Morgan fingerprint density at radius 2 is 2.50 bits per heavy atom. The Kier molecular flexibility index (Phi) is 2.02. The summed E-state index contributed by atoms with van der Waals surface area (Å²) in [7, 11) is 0. The van der Waals surface area contributed by atoms with Crippen molar-refractivity contribution in [3.05, 3.63) is 10.3 Å². The van der Waals surface area contributed by atoms with Crippen molar-refractivity contribution in [1.82, 2.24) is 15.0 Å². The third kappa shape index (κ3) is 1.02. The van der Waals surface area contributed by atoms with Crippen molar-refractivity contribution in [3.63, 3.8) is 0 Å². The molecule has 0 radical (unpaired) electrons. The van der Waals surface area contributed by atoms with Gasteiger partial charge in [-0.15, -0.1) is 5.10 Å². The highest BCUT2D eigenvalue weighted by Crippen LogP contribution is 2.11. The van der Waals surface area contributed by atoms with Crippen LogP contribution < -0.4 is 0 Å². The van der Waals surface area contributed by atoms with E-state index in [1.807, 2.05) is 13.0 Å². The molecular formula is C5H5BrN4. The molecule has 5 heteroatoms. The number of nitrogens with zero attached hydrogens (tertiary/aromatic N) is 4. The second-order valence-corrected chi connectivity index (χ2v) is 2.41. The SMILES string of the molecule is CCn1nnc(C#N)c1Br. The van der Waals surface area contributed by atoms with Crippen molar-refractivity contribution in [1.29, 1.82) is 5.26 Å². The van der Waals surface area contributed by atoms with E-state index in [1.165, 1.54) is 0 Å². The van der Waals surface area contributed by atoms with Crippen molar-refractivity contribution in [2.24, 2.45) is 0 Å². The molecule has 0 aliphatic heterocycles. The zero-order valence-electron chi connectivity index (χ0n) is 5.37. The molecule has 0 bridgehead atoms. The molecule has 0 atom stereocenters. The number of halogens is 1. The van der Waals surface area contributed by atoms with Crippen LogP contribution in [0.5, 0.6) is 0 Å². The Bertz CT molecular complexity index is 272. The molecule has 10 heavy (non-hydrogen) atoms. The molecular weight excluding hydrogens is 196 g/mol. The van der Waals surface area contributed by atoms with Gasteiger partial charge in [-0.2, -0.15) is 5.26 Å². The van der Waals surface area contributed by atoms with Crippen LogP contribution in [0.15, 0.2) is 4.60 Å². The molecule has 0 amide bonds. The lowest BCUT2D eigenvalue weighted by atomic mass is 10.5. The van der Waals surface area contributed by atoms with Gasteiger partial charge >= 0.3 is 0 Å².